The van der Waals surface area contributed by atoms with Gasteiger partial charge in [0.25, 0.3) is 5.91 Å². The van der Waals surface area contributed by atoms with Crippen molar-refractivity contribution >= 4 is 11.9 Å². The van der Waals surface area contributed by atoms with Crippen molar-refractivity contribution in [3.05, 3.63) is 29.8 Å². The van der Waals surface area contributed by atoms with Crippen LogP contribution in [-0.2, 0) is 15.1 Å². The summed E-state index contributed by atoms with van der Waals surface area (Å²) in [5, 5.41) is 5.11. The molecule has 1 aromatic carbocycles. The molecule has 2 unspecified atom stereocenters. The second-order valence-corrected chi connectivity index (χ2v) is 5.53. The number of amides is 3. The van der Waals surface area contributed by atoms with Crippen LogP contribution in [0.25, 0.3) is 0 Å². The number of imide groups is 1. The van der Waals surface area contributed by atoms with Crippen LogP contribution >= 0.6 is 0 Å². The second kappa shape index (κ2) is 4.73. The van der Waals surface area contributed by atoms with Gasteiger partial charge in [0.15, 0.2) is 5.54 Å². The van der Waals surface area contributed by atoms with Gasteiger partial charge in [0.2, 0.25) is 0 Å². The summed E-state index contributed by atoms with van der Waals surface area (Å²) >= 11 is 0. The highest BCUT2D eigenvalue weighted by molar-refractivity contribution is 6.08. The third-order valence-electron chi connectivity index (χ3n) is 4.48. The highest BCUT2D eigenvalue weighted by Crippen LogP contribution is 2.44. The van der Waals surface area contributed by atoms with Gasteiger partial charge in [-0.25, -0.2) is 4.79 Å². The van der Waals surface area contributed by atoms with E-state index in [-0.39, 0.29) is 5.91 Å². The number of hydrogen-bond donors (Lipinski definition) is 2. The Morgan fingerprint density at radius 3 is 2.52 bits per heavy atom. The van der Waals surface area contributed by atoms with Crippen molar-refractivity contribution in [2.24, 2.45) is 0 Å². The van der Waals surface area contributed by atoms with E-state index >= 15 is 0 Å². The highest BCUT2D eigenvalue weighted by atomic mass is 16.5. The molecule has 0 aliphatic carbocycles. The maximum absolute atomic E-state index is 12.4. The van der Waals surface area contributed by atoms with Crippen LogP contribution in [0.5, 0.6) is 5.75 Å². The fourth-order valence-electron chi connectivity index (χ4n) is 3.22. The molecule has 0 bridgehead atoms. The number of nitrogens with one attached hydrogen (secondary N) is 2. The number of carbonyl (C=O) groups excluding carboxylic acids is 2. The van der Waals surface area contributed by atoms with Crippen LogP contribution in [0, 0.1) is 0 Å². The maximum atomic E-state index is 12.4. The Hall–Kier alpha value is -2.08. The molecule has 2 saturated heterocycles. The predicted molar refractivity (Wildman–Crippen MR) is 74.9 cm³/mol. The van der Waals surface area contributed by atoms with Crippen molar-refractivity contribution in [1.29, 1.82) is 0 Å². The largest absolute Gasteiger partial charge is 0.497 e. The fourth-order valence-corrected chi connectivity index (χ4v) is 3.22. The fraction of sp³-hybridized carbons (Fsp3) is 0.467. The van der Waals surface area contributed by atoms with Gasteiger partial charge in [-0.05, 0) is 37.5 Å². The summed E-state index contributed by atoms with van der Waals surface area (Å²) in [4.78, 5) is 24.0. The summed E-state index contributed by atoms with van der Waals surface area (Å²) in [6.45, 7) is 2.40. The lowest BCUT2D eigenvalue weighted by Gasteiger charge is -2.47. The lowest BCUT2D eigenvalue weighted by Crippen LogP contribution is -2.64. The molecule has 3 amide bonds. The van der Waals surface area contributed by atoms with Gasteiger partial charge in [0, 0.05) is 6.61 Å². The molecule has 1 aromatic rings. The van der Waals surface area contributed by atoms with E-state index in [0.717, 1.165) is 17.7 Å². The molecule has 112 valence electrons. The van der Waals surface area contributed by atoms with Crippen LogP contribution in [0.15, 0.2) is 24.3 Å². The molecule has 2 aliphatic rings. The van der Waals surface area contributed by atoms with Gasteiger partial charge in [0.05, 0.1) is 7.11 Å². The number of ether oxygens (including phenoxy) is 2. The first-order valence-corrected chi connectivity index (χ1v) is 6.94. The van der Waals surface area contributed by atoms with Crippen molar-refractivity contribution in [3.8, 4) is 5.75 Å². The van der Waals surface area contributed by atoms with Crippen molar-refractivity contribution < 1.29 is 19.1 Å². The molecular weight excluding hydrogens is 272 g/mol. The Labute approximate surface area is 122 Å². The Morgan fingerprint density at radius 2 is 1.95 bits per heavy atom. The summed E-state index contributed by atoms with van der Waals surface area (Å²) in [5.74, 6) is 0.401. The minimum atomic E-state index is -1.06. The van der Waals surface area contributed by atoms with E-state index in [1.807, 2.05) is 31.2 Å². The summed E-state index contributed by atoms with van der Waals surface area (Å²) in [6.07, 6.45) is 1.27. The van der Waals surface area contributed by atoms with Crippen molar-refractivity contribution in [2.45, 2.75) is 30.9 Å². The van der Waals surface area contributed by atoms with Crippen LogP contribution in [0.2, 0.25) is 0 Å². The minimum Gasteiger partial charge on any atom is -0.497 e. The molecule has 0 saturated carbocycles. The zero-order valence-corrected chi connectivity index (χ0v) is 12.1. The molecule has 2 N–H and O–H groups in total. The van der Waals surface area contributed by atoms with Crippen molar-refractivity contribution in [1.82, 2.24) is 10.6 Å². The zero-order chi connectivity index (χ0) is 15.1. The molecular formula is C15H18N2O4. The molecule has 2 aliphatic heterocycles. The molecule has 2 atom stereocenters. The first-order valence-electron chi connectivity index (χ1n) is 6.94. The van der Waals surface area contributed by atoms with Crippen molar-refractivity contribution in [2.75, 3.05) is 13.7 Å². The molecule has 2 fully saturated rings. The van der Waals surface area contributed by atoms with E-state index in [9.17, 15) is 9.59 Å². The van der Waals surface area contributed by atoms with E-state index in [1.165, 1.54) is 0 Å². The molecule has 0 radical (unpaired) electrons. The molecule has 2 heterocycles. The number of urea groups is 1. The van der Waals surface area contributed by atoms with Crippen LogP contribution in [0.4, 0.5) is 4.79 Å². The van der Waals surface area contributed by atoms with Gasteiger partial charge in [0.1, 0.15) is 11.4 Å². The number of hydrogen-bond acceptors (Lipinski definition) is 4. The Morgan fingerprint density at radius 1 is 1.24 bits per heavy atom. The average Bonchev–Trinajstić information content (AvgIpc) is 2.78. The topological polar surface area (TPSA) is 76.7 Å². The smallest absolute Gasteiger partial charge is 0.322 e. The number of methoxy groups -OCH3 is 1. The van der Waals surface area contributed by atoms with Crippen LogP contribution < -0.4 is 15.4 Å². The third-order valence-corrected chi connectivity index (χ3v) is 4.48. The standard InChI is InChI=1S/C15H18N2O4/c1-14(10-4-6-11(20-2)7-5-10)15(8-3-9-21-14)12(18)16-13(19)17-15/h4-7H,3,8-9H2,1-2H3,(H2,16,17,18,19). The molecule has 3 rings (SSSR count). The predicted octanol–water partition coefficient (Wildman–Crippen LogP) is 1.30. The number of carbonyl (C=O) groups is 2. The molecule has 6 nitrogen and oxygen atoms in total. The zero-order valence-electron chi connectivity index (χ0n) is 12.1. The Bertz CT molecular complexity index is 586. The van der Waals surface area contributed by atoms with Crippen molar-refractivity contribution in [3.63, 3.8) is 0 Å². The molecule has 6 heteroatoms. The number of benzene rings is 1. The van der Waals surface area contributed by atoms with E-state index in [4.69, 9.17) is 9.47 Å². The van der Waals surface area contributed by atoms with Gasteiger partial charge in [-0.1, -0.05) is 12.1 Å². The normalized spacial score (nSPS) is 31.9. The number of rotatable bonds is 2. The van der Waals surface area contributed by atoms with Gasteiger partial charge >= 0.3 is 6.03 Å². The molecule has 0 aromatic heterocycles. The quantitative estimate of drug-likeness (QED) is 0.805. The highest BCUT2D eigenvalue weighted by Gasteiger charge is 2.61. The van der Waals surface area contributed by atoms with E-state index < -0.39 is 17.2 Å². The Balaban J connectivity index is 2.06. The average molecular weight is 290 g/mol. The van der Waals surface area contributed by atoms with Crippen LogP contribution in [0.1, 0.15) is 25.3 Å². The van der Waals surface area contributed by atoms with Gasteiger partial charge < -0.3 is 14.8 Å². The van der Waals surface area contributed by atoms with E-state index in [0.29, 0.717) is 13.0 Å². The van der Waals surface area contributed by atoms with E-state index in [1.54, 1.807) is 7.11 Å². The summed E-state index contributed by atoms with van der Waals surface area (Å²) < 4.78 is 11.1. The summed E-state index contributed by atoms with van der Waals surface area (Å²) in [5.41, 5.74) is -1.13. The molecule has 21 heavy (non-hydrogen) atoms. The van der Waals surface area contributed by atoms with Gasteiger partial charge in [-0.3, -0.25) is 10.1 Å². The first kappa shape index (κ1) is 13.9. The summed E-state index contributed by atoms with van der Waals surface area (Å²) in [6, 6.07) is 6.90. The maximum Gasteiger partial charge on any atom is 0.322 e. The van der Waals surface area contributed by atoms with Gasteiger partial charge in [-0.15, -0.1) is 0 Å². The minimum absolute atomic E-state index is 0.328. The van der Waals surface area contributed by atoms with Crippen LogP contribution in [-0.4, -0.2) is 31.2 Å². The summed E-state index contributed by atoms with van der Waals surface area (Å²) in [7, 11) is 1.60. The lowest BCUT2D eigenvalue weighted by atomic mass is 9.71. The molecule has 1 spiro atoms. The first-order chi connectivity index (χ1) is 10.0. The van der Waals surface area contributed by atoms with Crippen LogP contribution in [0.3, 0.4) is 0 Å². The Kier molecular flexibility index (Phi) is 3.13. The van der Waals surface area contributed by atoms with E-state index in [2.05, 4.69) is 10.6 Å². The SMILES string of the molecule is COc1ccc(C2(C)OCCCC23NC(=O)NC3=O)cc1. The lowest BCUT2D eigenvalue weighted by molar-refractivity contribution is -0.157. The van der Waals surface area contributed by atoms with Gasteiger partial charge in [-0.2, -0.15) is 0 Å². The third kappa shape index (κ3) is 1.90. The second-order valence-electron chi connectivity index (χ2n) is 5.53. The monoisotopic (exact) mass is 290 g/mol.